The zero-order valence-corrected chi connectivity index (χ0v) is 9.92. The van der Waals surface area contributed by atoms with E-state index in [-0.39, 0.29) is 5.91 Å². The number of halogens is 2. The van der Waals surface area contributed by atoms with Crippen LogP contribution in [0, 0.1) is 4.91 Å². The molecule has 72 valence electrons. The number of hydrogen-bond acceptors (Lipinski definition) is 3. The minimum atomic E-state index is -0.932. The Morgan fingerprint density at radius 2 is 2.07 bits per heavy atom. The van der Waals surface area contributed by atoms with Gasteiger partial charge >= 0.3 is 0 Å². The van der Waals surface area contributed by atoms with Gasteiger partial charge in [0.05, 0.1) is 5.69 Å². The van der Waals surface area contributed by atoms with Gasteiger partial charge in [-0.3, -0.25) is 4.79 Å². The van der Waals surface area contributed by atoms with Gasteiger partial charge in [0.15, 0.2) is 6.04 Å². The van der Waals surface area contributed by atoms with E-state index in [1.165, 1.54) is 0 Å². The number of nitroso groups, excluding NO2 is 1. The molecule has 1 heterocycles. The number of hydrogen-bond donors (Lipinski definition) is 1. The number of nitrogens with zero attached hydrogens (tertiary/aromatic N) is 1. The second-order valence-electron chi connectivity index (χ2n) is 2.85. The van der Waals surface area contributed by atoms with Crippen LogP contribution in [0.15, 0.2) is 26.3 Å². The van der Waals surface area contributed by atoms with Crippen LogP contribution in [-0.2, 0) is 4.79 Å². The van der Waals surface area contributed by atoms with E-state index in [4.69, 9.17) is 0 Å². The monoisotopic (exact) mass is 318 g/mol. The van der Waals surface area contributed by atoms with Crippen LogP contribution in [0.2, 0.25) is 0 Å². The average molecular weight is 320 g/mol. The van der Waals surface area contributed by atoms with Crippen molar-refractivity contribution in [1.29, 1.82) is 0 Å². The van der Waals surface area contributed by atoms with Crippen LogP contribution in [0.1, 0.15) is 11.6 Å². The maximum absolute atomic E-state index is 11.3. The molecule has 1 N–H and O–H groups in total. The molecule has 6 heteroatoms. The van der Waals surface area contributed by atoms with Crippen molar-refractivity contribution < 1.29 is 4.79 Å². The van der Waals surface area contributed by atoms with Gasteiger partial charge in [-0.1, -0.05) is 21.1 Å². The molecule has 1 atom stereocenters. The Kier molecular flexibility index (Phi) is 2.40. The highest BCUT2D eigenvalue weighted by Crippen LogP contribution is 2.40. The smallest absolute Gasteiger partial charge is 0.257 e. The Morgan fingerprint density at radius 3 is 2.71 bits per heavy atom. The van der Waals surface area contributed by atoms with Crippen LogP contribution in [0.5, 0.6) is 0 Å². The van der Waals surface area contributed by atoms with Gasteiger partial charge in [0.2, 0.25) is 0 Å². The third-order valence-electron chi connectivity index (χ3n) is 1.98. The lowest BCUT2D eigenvalue weighted by atomic mass is 10.1. The van der Waals surface area contributed by atoms with Crippen molar-refractivity contribution in [3.63, 3.8) is 0 Å². The zero-order chi connectivity index (χ0) is 10.3. The van der Waals surface area contributed by atoms with Gasteiger partial charge in [-0.25, -0.2) is 0 Å². The fourth-order valence-electron chi connectivity index (χ4n) is 1.38. The molecule has 1 unspecified atom stereocenters. The van der Waals surface area contributed by atoms with Gasteiger partial charge in [-0.05, 0) is 28.1 Å². The van der Waals surface area contributed by atoms with Crippen LogP contribution in [0.3, 0.4) is 0 Å². The molecule has 0 fully saturated rings. The molecule has 0 radical (unpaired) electrons. The first-order chi connectivity index (χ1) is 6.63. The number of carbonyl (C=O) groups is 1. The third kappa shape index (κ3) is 1.38. The Morgan fingerprint density at radius 1 is 1.36 bits per heavy atom. The highest BCUT2D eigenvalue weighted by atomic mass is 79.9. The highest BCUT2D eigenvalue weighted by Gasteiger charge is 2.33. The zero-order valence-electron chi connectivity index (χ0n) is 6.75. The molecule has 2 rings (SSSR count). The summed E-state index contributed by atoms with van der Waals surface area (Å²) >= 11 is 6.57. The first-order valence-electron chi connectivity index (χ1n) is 3.75. The average Bonchev–Trinajstić information content (AvgIpc) is 2.41. The summed E-state index contributed by atoms with van der Waals surface area (Å²) in [6.45, 7) is 0. The Hall–Kier alpha value is -0.750. The molecule has 1 aromatic carbocycles. The second kappa shape index (κ2) is 3.43. The minimum absolute atomic E-state index is 0.381. The predicted molar refractivity (Wildman–Crippen MR) is 59.0 cm³/mol. The van der Waals surface area contributed by atoms with E-state index in [1.807, 2.05) is 0 Å². The number of anilines is 1. The fourth-order valence-corrected chi connectivity index (χ4v) is 2.74. The first kappa shape index (κ1) is 9.79. The summed E-state index contributed by atoms with van der Waals surface area (Å²) in [5.74, 6) is -0.381. The van der Waals surface area contributed by atoms with Crippen molar-refractivity contribution in [2.45, 2.75) is 6.04 Å². The van der Waals surface area contributed by atoms with Gasteiger partial charge < -0.3 is 5.32 Å². The van der Waals surface area contributed by atoms with E-state index in [1.54, 1.807) is 12.1 Å². The van der Waals surface area contributed by atoms with Crippen molar-refractivity contribution >= 4 is 43.5 Å². The summed E-state index contributed by atoms with van der Waals surface area (Å²) in [4.78, 5) is 21.7. The van der Waals surface area contributed by atoms with E-state index in [0.717, 1.165) is 8.95 Å². The SMILES string of the molecule is O=NC1C(=O)Nc2c(Br)cc(Br)cc21. The number of carbonyl (C=O) groups excluding carboxylic acids is 1. The largest absolute Gasteiger partial charge is 0.322 e. The maximum atomic E-state index is 11.3. The Labute approximate surface area is 96.3 Å². The lowest BCUT2D eigenvalue weighted by molar-refractivity contribution is -0.116. The van der Waals surface area contributed by atoms with Gasteiger partial charge in [0, 0.05) is 14.5 Å². The van der Waals surface area contributed by atoms with Crippen molar-refractivity contribution in [2.75, 3.05) is 5.32 Å². The van der Waals surface area contributed by atoms with Crippen molar-refractivity contribution in [1.82, 2.24) is 0 Å². The molecule has 0 saturated heterocycles. The fraction of sp³-hybridized carbons (Fsp3) is 0.125. The molecular weight excluding hydrogens is 316 g/mol. The first-order valence-corrected chi connectivity index (χ1v) is 5.34. The molecule has 14 heavy (non-hydrogen) atoms. The van der Waals surface area contributed by atoms with Crippen LogP contribution in [-0.4, -0.2) is 5.91 Å². The Bertz CT molecular complexity index is 434. The number of fused-ring (bicyclic) bond motifs is 1. The van der Waals surface area contributed by atoms with Crippen LogP contribution in [0.4, 0.5) is 5.69 Å². The highest BCUT2D eigenvalue weighted by molar-refractivity contribution is 9.11. The number of amides is 1. The normalized spacial score (nSPS) is 19.0. The van der Waals surface area contributed by atoms with Gasteiger partial charge in [-0.15, -0.1) is 4.91 Å². The lowest BCUT2D eigenvalue weighted by Gasteiger charge is -2.02. The molecule has 1 aromatic rings. The molecular formula is C8H4Br2N2O2. The molecule has 0 aromatic heterocycles. The number of benzene rings is 1. The predicted octanol–water partition coefficient (Wildman–Crippen LogP) is 2.97. The van der Waals surface area contributed by atoms with E-state index >= 15 is 0 Å². The van der Waals surface area contributed by atoms with Crippen molar-refractivity contribution in [3.05, 3.63) is 31.5 Å². The van der Waals surface area contributed by atoms with Crippen LogP contribution < -0.4 is 5.32 Å². The summed E-state index contributed by atoms with van der Waals surface area (Å²) in [5, 5.41) is 5.38. The van der Waals surface area contributed by atoms with E-state index < -0.39 is 6.04 Å². The standard InChI is InChI=1S/C8H4Br2N2O2/c9-3-1-4-6(5(10)2-3)11-8(13)7(4)12-14/h1-2,7H,(H,11,13). The summed E-state index contributed by atoms with van der Waals surface area (Å²) in [6, 6.07) is 2.58. The molecule has 4 nitrogen and oxygen atoms in total. The summed E-state index contributed by atoms with van der Waals surface area (Å²) in [5.41, 5.74) is 1.23. The molecule has 0 spiro atoms. The van der Waals surface area contributed by atoms with Gasteiger partial charge in [0.1, 0.15) is 0 Å². The number of nitrogens with one attached hydrogen (secondary N) is 1. The maximum Gasteiger partial charge on any atom is 0.257 e. The van der Waals surface area contributed by atoms with E-state index in [2.05, 4.69) is 42.4 Å². The molecule has 0 bridgehead atoms. The van der Waals surface area contributed by atoms with Crippen molar-refractivity contribution in [3.8, 4) is 0 Å². The molecule has 1 aliphatic rings. The van der Waals surface area contributed by atoms with Crippen LogP contribution >= 0.6 is 31.9 Å². The van der Waals surface area contributed by atoms with Gasteiger partial charge in [0.25, 0.3) is 5.91 Å². The summed E-state index contributed by atoms with van der Waals surface area (Å²) in [7, 11) is 0. The lowest BCUT2D eigenvalue weighted by Crippen LogP contribution is -2.09. The van der Waals surface area contributed by atoms with Crippen molar-refractivity contribution in [2.24, 2.45) is 5.18 Å². The summed E-state index contributed by atoms with van der Waals surface area (Å²) in [6.07, 6.45) is 0. The molecule has 0 saturated carbocycles. The Balaban J connectivity index is 2.64. The molecule has 1 aliphatic heterocycles. The number of rotatable bonds is 1. The third-order valence-corrected chi connectivity index (χ3v) is 3.07. The van der Waals surface area contributed by atoms with E-state index in [9.17, 15) is 9.70 Å². The molecule has 1 amide bonds. The molecule has 0 aliphatic carbocycles. The van der Waals surface area contributed by atoms with Gasteiger partial charge in [-0.2, -0.15) is 0 Å². The topological polar surface area (TPSA) is 58.5 Å². The summed E-state index contributed by atoms with van der Waals surface area (Å²) < 4.78 is 1.54. The van der Waals surface area contributed by atoms with Crippen LogP contribution in [0.25, 0.3) is 0 Å². The quantitative estimate of drug-likeness (QED) is 0.809. The van der Waals surface area contributed by atoms with E-state index in [0.29, 0.717) is 11.3 Å². The second-order valence-corrected chi connectivity index (χ2v) is 4.62. The minimum Gasteiger partial charge on any atom is -0.322 e.